The maximum atomic E-state index is 3.53. The summed E-state index contributed by atoms with van der Waals surface area (Å²) in [5.74, 6) is 10.7. The van der Waals surface area contributed by atoms with Crippen LogP contribution in [-0.2, 0) is 0 Å². The highest BCUT2D eigenvalue weighted by molar-refractivity contribution is 5.04. The molecule has 0 N–H and O–H groups in total. The van der Waals surface area contributed by atoms with Crippen LogP contribution in [0.2, 0.25) is 0 Å². The highest BCUT2D eigenvalue weighted by Crippen LogP contribution is 2.42. The second kappa shape index (κ2) is 10.1. The minimum atomic E-state index is 0.722. The molecule has 0 heterocycles. The lowest BCUT2D eigenvalue weighted by Crippen LogP contribution is -2.25. The second-order valence-corrected chi connectivity index (χ2v) is 7.61. The van der Waals surface area contributed by atoms with Crippen LogP contribution in [-0.4, -0.2) is 0 Å². The third kappa shape index (κ3) is 5.83. The molecule has 0 aromatic rings. The average Bonchev–Trinajstić information content (AvgIpc) is 2.57. The Morgan fingerprint density at radius 3 is 2.14 bits per heavy atom. The topological polar surface area (TPSA) is 0 Å². The summed E-state index contributed by atoms with van der Waals surface area (Å²) in [7, 11) is 0. The van der Waals surface area contributed by atoms with Crippen LogP contribution in [0.3, 0.4) is 0 Å². The van der Waals surface area contributed by atoms with Gasteiger partial charge in [0.15, 0.2) is 0 Å². The van der Waals surface area contributed by atoms with Crippen LogP contribution >= 0.6 is 0 Å². The maximum Gasteiger partial charge on any atom is 0.0203 e. The third-order valence-corrected chi connectivity index (χ3v) is 5.99. The lowest BCUT2D eigenvalue weighted by atomic mass is 9.69. The van der Waals surface area contributed by atoms with Crippen molar-refractivity contribution in [3.8, 4) is 11.8 Å². The number of unbranched alkanes of at least 4 members (excludes halogenated alkanes) is 1. The predicted molar refractivity (Wildman–Crippen MR) is 97.6 cm³/mol. The molecule has 0 nitrogen and oxygen atoms in total. The van der Waals surface area contributed by atoms with Gasteiger partial charge in [0.1, 0.15) is 0 Å². The van der Waals surface area contributed by atoms with Crippen molar-refractivity contribution in [3.63, 3.8) is 0 Å². The highest BCUT2D eigenvalue weighted by Gasteiger charge is 2.30. The van der Waals surface area contributed by atoms with E-state index >= 15 is 0 Å². The second-order valence-electron chi connectivity index (χ2n) is 7.61. The first-order chi connectivity index (χ1) is 10.8. The quantitative estimate of drug-likeness (QED) is 0.388. The van der Waals surface area contributed by atoms with Crippen molar-refractivity contribution in [2.75, 3.05) is 0 Å². The summed E-state index contributed by atoms with van der Waals surface area (Å²) in [6.45, 7) is 4.36. The fraction of sp³-hybridized carbons (Fsp3) is 0.818. The van der Waals surface area contributed by atoms with Gasteiger partial charge in [-0.05, 0) is 82.5 Å². The smallest absolute Gasteiger partial charge is 0.0203 e. The van der Waals surface area contributed by atoms with Crippen molar-refractivity contribution >= 4 is 0 Å². The standard InChI is InChI=1S/C22H36/c1-3-5-7-9-19-11-15-21(16-12-19)22-17-13-20(14-18-22)10-8-6-4-2/h3,5,19-22H,4,6-7,9,11-18H2,1-2H3/b5-3+/t19-,20-,21-,22-. The molecule has 0 amide bonds. The summed E-state index contributed by atoms with van der Waals surface area (Å²) in [4.78, 5) is 0. The number of hydrogen-bond acceptors (Lipinski definition) is 0. The van der Waals surface area contributed by atoms with E-state index in [9.17, 15) is 0 Å². The molecule has 2 saturated carbocycles. The third-order valence-electron chi connectivity index (χ3n) is 5.99. The molecule has 0 spiro atoms. The van der Waals surface area contributed by atoms with Gasteiger partial charge in [0.05, 0.1) is 0 Å². The summed E-state index contributed by atoms with van der Waals surface area (Å²) < 4.78 is 0. The molecule has 0 aliphatic heterocycles. The van der Waals surface area contributed by atoms with E-state index in [1.54, 1.807) is 0 Å². The first-order valence-corrected chi connectivity index (χ1v) is 9.93. The van der Waals surface area contributed by atoms with Gasteiger partial charge >= 0.3 is 0 Å². The van der Waals surface area contributed by atoms with Gasteiger partial charge in [-0.15, -0.1) is 5.92 Å². The Labute approximate surface area is 139 Å². The van der Waals surface area contributed by atoms with Gasteiger partial charge in [-0.3, -0.25) is 0 Å². The van der Waals surface area contributed by atoms with Gasteiger partial charge < -0.3 is 0 Å². The van der Waals surface area contributed by atoms with Crippen LogP contribution in [0.4, 0.5) is 0 Å². The van der Waals surface area contributed by atoms with E-state index in [0.717, 1.165) is 30.1 Å². The van der Waals surface area contributed by atoms with Crippen molar-refractivity contribution in [1.82, 2.24) is 0 Å². The Hall–Kier alpha value is -0.700. The van der Waals surface area contributed by atoms with Gasteiger partial charge in [0.2, 0.25) is 0 Å². The van der Waals surface area contributed by atoms with Gasteiger partial charge in [0.25, 0.3) is 0 Å². The van der Waals surface area contributed by atoms with E-state index in [4.69, 9.17) is 0 Å². The number of allylic oxidation sites excluding steroid dienone is 2. The summed E-state index contributed by atoms with van der Waals surface area (Å²) in [6.07, 6.45) is 21.3. The number of hydrogen-bond donors (Lipinski definition) is 0. The molecule has 0 aromatic carbocycles. The van der Waals surface area contributed by atoms with E-state index in [0.29, 0.717) is 0 Å². The summed E-state index contributed by atoms with van der Waals surface area (Å²) >= 11 is 0. The highest BCUT2D eigenvalue weighted by atomic mass is 14.3. The predicted octanol–water partition coefficient (Wildman–Crippen LogP) is 6.76. The van der Waals surface area contributed by atoms with E-state index < -0.39 is 0 Å². The lowest BCUT2D eigenvalue weighted by molar-refractivity contribution is 0.154. The minimum absolute atomic E-state index is 0.722. The zero-order valence-electron chi connectivity index (χ0n) is 14.9. The molecule has 0 aromatic heterocycles. The molecule has 0 radical (unpaired) electrons. The molecule has 2 rings (SSSR count). The van der Waals surface area contributed by atoms with E-state index in [1.165, 1.54) is 70.6 Å². The Morgan fingerprint density at radius 2 is 1.55 bits per heavy atom. The van der Waals surface area contributed by atoms with Crippen molar-refractivity contribution in [2.45, 2.75) is 90.9 Å². The van der Waals surface area contributed by atoms with Crippen LogP contribution in [0.25, 0.3) is 0 Å². The van der Waals surface area contributed by atoms with Gasteiger partial charge in [-0.1, -0.05) is 37.8 Å². The first kappa shape index (κ1) is 17.7. The van der Waals surface area contributed by atoms with Crippen LogP contribution in [0, 0.1) is 35.5 Å². The normalized spacial score (nSPS) is 32.6. The number of rotatable bonds is 5. The molecule has 0 unspecified atom stereocenters. The molecular formula is C22H36. The van der Waals surface area contributed by atoms with E-state index in [-0.39, 0.29) is 0 Å². The molecule has 0 atom stereocenters. The van der Waals surface area contributed by atoms with Gasteiger partial charge in [-0.25, -0.2) is 0 Å². The zero-order valence-corrected chi connectivity index (χ0v) is 14.9. The molecule has 124 valence electrons. The average molecular weight is 301 g/mol. The lowest BCUT2D eigenvalue weighted by Gasteiger charge is -2.37. The monoisotopic (exact) mass is 300 g/mol. The van der Waals surface area contributed by atoms with Crippen LogP contribution < -0.4 is 0 Å². The van der Waals surface area contributed by atoms with Crippen LogP contribution in [0.1, 0.15) is 90.9 Å². The summed E-state index contributed by atoms with van der Waals surface area (Å²) in [5, 5.41) is 0. The summed E-state index contributed by atoms with van der Waals surface area (Å²) in [6, 6.07) is 0. The molecule has 0 heteroatoms. The van der Waals surface area contributed by atoms with Crippen molar-refractivity contribution in [2.24, 2.45) is 23.7 Å². The molecule has 0 saturated heterocycles. The van der Waals surface area contributed by atoms with E-state index in [2.05, 4.69) is 37.8 Å². The molecule has 2 aliphatic rings. The van der Waals surface area contributed by atoms with Gasteiger partial charge in [-0.2, -0.15) is 0 Å². The Kier molecular flexibility index (Phi) is 8.14. The Balaban J connectivity index is 1.65. The fourth-order valence-electron chi connectivity index (χ4n) is 4.52. The minimum Gasteiger partial charge on any atom is -0.103 e. The fourth-order valence-corrected chi connectivity index (χ4v) is 4.52. The molecular weight excluding hydrogens is 264 g/mol. The SMILES string of the molecule is C/C=C/CC[C@H]1CC[C@H]([C@H]2CC[C@H](C#CCCC)CC2)CC1. The van der Waals surface area contributed by atoms with E-state index in [1.807, 2.05) is 0 Å². The van der Waals surface area contributed by atoms with Crippen LogP contribution in [0.5, 0.6) is 0 Å². The molecule has 22 heavy (non-hydrogen) atoms. The van der Waals surface area contributed by atoms with Crippen molar-refractivity contribution < 1.29 is 0 Å². The summed E-state index contributed by atoms with van der Waals surface area (Å²) in [5.41, 5.74) is 0. The Bertz CT molecular complexity index is 365. The molecule has 2 fully saturated rings. The molecule has 2 aliphatic carbocycles. The first-order valence-electron chi connectivity index (χ1n) is 9.93. The van der Waals surface area contributed by atoms with Crippen molar-refractivity contribution in [3.05, 3.63) is 12.2 Å². The Morgan fingerprint density at radius 1 is 0.909 bits per heavy atom. The molecule has 0 bridgehead atoms. The zero-order chi connectivity index (χ0) is 15.6. The van der Waals surface area contributed by atoms with Crippen molar-refractivity contribution in [1.29, 1.82) is 0 Å². The van der Waals surface area contributed by atoms with Gasteiger partial charge in [0, 0.05) is 12.3 Å². The maximum absolute atomic E-state index is 3.53. The largest absolute Gasteiger partial charge is 0.103 e. The van der Waals surface area contributed by atoms with Crippen LogP contribution in [0.15, 0.2) is 12.2 Å².